The zero-order valence-electron chi connectivity index (χ0n) is 10.6. The van der Waals surface area contributed by atoms with Crippen LogP contribution in [0.2, 0.25) is 0 Å². The first-order valence-electron chi connectivity index (χ1n) is 5.37. The zero-order chi connectivity index (χ0) is 12.8. The van der Waals surface area contributed by atoms with Crippen LogP contribution in [0.25, 0.3) is 0 Å². The Morgan fingerprint density at radius 3 is 2.72 bits per heavy atom. The number of likely N-dealkylation sites (N-methyl/N-ethyl adjacent to an activating group) is 1. The van der Waals surface area contributed by atoms with Crippen molar-refractivity contribution in [2.75, 3.05) is 20.7 Å². The molecule has 2 N–H and O–H groups in total. The molecule has 0 radical (unpaired) electrons. The molecule has 1 atom stereocenters. The molecule has 102 valence electrons. The summed E-state index contributed by atoms with van der Waals surface area (Å²) in [4.78, 5) is 11.9. The molecular formula is C12H18BrClN2O2. The first-order chi connectivity index (χ1) is 8.08. The fourth-order valence-corrected chi connectivity index (χ4v) is 1.64. The molecule has 1 aromatic carbocycles. The van der Waals surface area contributed by atoms with Crippen LogP contribution in [0.15, 0.2) is 22.7 Å². The standard InChI is InChI=1S/C12H17BrN2O2.ClH/c1-8(14-2)7-15-12(16)10-5-4-9(13)6-11(10)17-3;/h4-6,8,14H,7H2,1-3H3,(H,15,16);1H. The number of ether oxygens (including phenoxy) is 1. The first-order valence-corrected chi connectivity index (χ1v) is 6.16. The Labute approximate surface area is 122 Å². The zero-order valence-corrected chi connectivity index (χ0v) is 13.0. The largest absolute Gasteiger partial charge is 0.496 e. The van der Waals surface area contributed by atoms with Gasteiger partial charge in [0.15, 0.2) is 0 Å². The van der Waals surface area contributed by atoms with Crippen LogP contribution in [0.4, 0.5) is 0 Å². The molecule has 1 rings (SSSR count). The summed E-state index contributed by atoms with van der Waals surface area (Å²) < 4.78 is 6.06. The predicted molar refractivity (Wildman–Crippen MR) is 78.8 cm³/mol. The van der Waals surface area contributed by atoms with E-state index in [1.165, 1.54) is 0 Å². The maximum Gasteiger partial charge on any atom is 0.255 e. The monoisotopic (exact) mass is 336 g/mol. The van der Waals surface area contributed by atoms with Gasteiger partial charge in [0.2, 0.25) is 0 Å². The Bertz CT molecular complexity index is 402. The average molecular weight is 338 g/mol. The van der Waals surface area contributed by atoms with Crippen LogP contribution in [0.3, 0.4) is 0 Å². The fourth-order valence-electron chi connectivity index (χ4n) is 1.30. The van der Waals surface area contributed by atoms with Crippen molar-refractivity contribution in [1.29, 1.82) is 0 Å². The van der Waals surface area contributed by atoms with Gasteiger partial charge in [-0.05, 0) is 32.2 Å². The summed E-state index contributed by atoms with van der Waals surface area (Å²) in [5, 5.41) is 5.90. The minimum Gasteiger partial charge on any atom is -0.496 e. The van der Waals surface area contributed by atoms with Crippen molar-refractivity contribution >= 4 is 34.2 Å². The van der Waals surface area contributed by atoms with Crippen LogP contribution in [-0.2, 0) is 0 Å². The summed E-state index contributed by atoms with van der Waals surface area (Å²) in [6, 6.07) is 5.57. The Balaban J connectivity index is 0.00000289. The van der Waals surface area contributed by atoms with E-state index in [9.17, 15) is 4.79 Å². The second kappa shape index (κ2) is 8.34. The van der Waals surface area contributed by atoms with Gasteiger partial charge in [-0.1, -0.05) is 15.9 Å². The van der Waals surface area contributed by atoms with Crippen molar-refractivity contribution in [3.05, 3.63) is 28.2 Å². The van der Waals surface area contributed by atoms with Gasteiger partial charge in [-0.25, -0.2) is 0 Å². The van der Waals surface area contributed by atoms with Crippen molar-refractivity contribution in [1.82, 2.24) is 10.6 Å². The molecule has 1 unspecified atom stereocenters. The maximum atomic E-state index is 11.9. The lowest BCUT2D eigenvalue weighted by Crippen LogP contribution is -2.37. The minimum absolute atomic E-state index is 0. The molecule has 0 aromatic heterocycles. The Morgan fingerprint density at radius 1 is 1.50 bits per heavy atom. The summed E-state index contributed by atoms with van der Waals surface area (Å²) in [5.41, 5.74) is 0.541. The number of amides is 1. The number of halogens is 2. The third kappa shape index (κ3) is 4.84. The van der Waals surface area contributed by atoms with Gasteiger partial charge in [-0.2, -0.15) is 0 Å². The molecule has 0 fully saturated rings. The molecule has 4 nitrogen and oxygen atoms in total. The van der Waals surface area contributed by atoms with Crippen LogP contribution >= 0.6 is 28.3 Å². The number of benzene rings is 1. The van der Waals surface area contributed by atoms with E-state index >= 15 is 0 Å². The molecule has 0 saturated carbocycles. The second-order valence-corrected chi connectivity index (χ2v) is 4.66. The van der Waals surface area contributed by atoms with Crippen molar-refractivity contribution in [3.63, 3.8) is 0 Å². The number of hydrogen-bond acceptors (Lipinski definition) is 3. The fraction of sp³-hybridized carbons (Fsp3) is 0.417. The number of rotatable bonds is 5. The molecule has 1 amide bonds. The summed E-state index contributed by atoms with van der Waals surface area (Å²) in [6.07, 6.45) is 0. The van der Waals surface area contributed by atoms with Crippen LogP contribution < -0.4 is 15.4 Å². The van der Waals surface area contributed by atoms with Gasteiger partial charge in [0.1, 0.15) is 5.75 Å². The molecule has 0 saturated heterocycles. The van der Waals surface area contributed by atoms with Gasteiger partial charge >= 0.3 is 0 Å². The summed E-state index contributed by atoms with van der Waals surface area (Å²) in [6.45, 7) is 2.58. The smallest absolute Gasteiger partial charge is 0.255 e. The summed E-state index contributed by atoms with van der Waals surface area (Å²) >= 11 is 3.34. The molecule has 0 aliphatic rings. The number of hydrogen-bond donors (Lipinski definition) is 2. The van der Waals surface area contributed by atoms with Gasteiger partial charge in [-0.3, -0.25) is 4.79 Å². The predicted octanol–water partition coefficient (Wildman–Crippen LogP) is 2.22. The lowest BCUT2D eigenvalue weighted by Gasteiger charge is -2.13. The molecule has 0 heterocycles. The van der Waals surface area contributed by atoms with E-state index in [2.05, 4.69) is 26.6 Å². The van der Waals surface area contributed by atoms with Crippen LogP contribution in [0.5, 0.6) is 5.75 Å². The second-order valence-electron chi connectivity index (χ2n) is 3.74. The van der Waals surface area contributed by atoms with E-state index < -0.39 is 0 Å². The quantitative estimate of drug-likeness (QED) is 0.866. The number of methoxy groups -OCH3 is 1. The van der Waals surface area contributed by atoms with E-state index in [1.807, 2.05) is 20.0 Å². The minimum atomic E-state index is -0.128. The maximum absolute atomic E-state index is 11.9. The van der Waals surface area contributed by atoms with Crippen LogP contribution in [0.1, 0.15) is 17.3 Å². The first kappa shape index (κ1) is 17.2. The van der Waals surface area contributed by atoms with Gasteiger partial charge in [0, 0.05) is 17.1 Å². The number of nitrogens with one attached hydrogen (secondary N) is 2. The number of carbonyl (C=O) groups excluding carboxylic acids is 1. The molecule has 0 bridgehead atoms. The highest BCUT2D eigenvalue weighted by atomic mass is 79.9. The van der Waals surface area contributed by atoms with E-state index in [-0.39, 0.29) is 24.4 Å². The van der Waals surface area contributed by atoms with Gasteiger partial charge in [0.05, 0.1) is 12.7 Å². The van der Waals surface area contributed by atoms with Crippen molar-refractivity contribution in [2.45, 2.75) is 13.0 Å². The SMILES string of the molecule is CNC(C)CNC(=O)c1ccc(Br)cc1OC.Cl. The summed E-state index contributed by atoms with van der Waals surface area (Å²) in [5.74, 6) is 0.436. The Kier molecular flexibility index (Phi) is 7.98. The van der Waals surface area contributed by atoms with E-state index in [0.29, 0.717) is 17.9 Å². The molecule has 0 aliphatic carbocycles. The van der Waals surface area contributed by atoms with E-state index in [4.69, 9.17) is 4.74 Å². The molecule has 18 heavy (non-hydrogen) atoms. The topological polar surface area (TPSA) is 50.4 Å². The lowest BCUT2D eigenvalue weighted by molar-refractivity contribution is 0.0947. The van der Waals surface area contributed by atoms with Crippen molar-refractivity contribution < 1.29 is 9.53 Å². The van der Waals surface area contributed by atoms with Gasteiger partial charge in [-0.15, -0.1) is 12.4 Å². The Hall–Kier alpha value is -0.780. The average Bonchev–Trinajstić information content (AvgIpc) is 2.35. The van der Waals surface area contributed by atoms with E-state index in [0.717, 1.165) is 4.47 Å². The van der Waals surface area contributed by atoms with Gasteiger partial charge < -0.3 is 15.4 Å². The molecule has 6 heteroatoms. The highest BCUT2D eigenvalue weighted by molar-refractivity contribution is 9.10. The third-order valence-corrected chi connectivity index (χ3v) is 2.96. The Morgan fingerprint density at radius 2 is 2.17 bits per heavy atom. The van der Waals surface area contributed by atoms with Crippen molar-refractivity contribution in [3.8, 4) is 5.75 Å². The molecule has 0 spiro atoms. The molecule has 1 aromatic rings. The number of carbonyl (C=O) groups is 1. The lowest BCUT2D eigenvalue weighted by atomic mass is 10.2. The van der Waals surface area contributed by atoms with E-state index in [1.54, 1.807) is 19.2 Å². The van der Waals surface area contributed by atoms with Crippen LogP contribution in [-0.4, -0.2) is 32.7 Å². The normalized spacial score (nSPS) is 11.3. The van der Waals surface area contributed by atoms with Crippen molar-refractivity contribution in [2.24, 2.45) is 0 Å². The van der Waals surface area contributed by atoms with Crippen LogP contribution in [0, 0.1) is 0 Å². The highest BCUT2D eigenvalue weighted by Crippen LogP contribution is 2.23. The third-order valence-electron chi connectivity index (χ3n) is 2.47. The molecular weight excluding hydrogens is 320 g/mol. The highest BCUT2D eigenvalue weighted by Gasteiger charge is 2.12. The summed E-state index contributed by atoms with van der Waals surface area (Å²) in [7, 11) is 3.41. The van der Waals surface area contributed by atoms with Gasteiger partial charge in [0.25, 0.3) is 5.91 Å². The molecule has 0 aliphatic heterocycles.